The molecule has 190 valence electrons. The Morgan fingerprint density at radius 2 is 1.12 bits per heavy atom. The molecule has 1 aliphatic rings. The predicted molar refractivity (Wildman–Crippen MR) is 167 cm³/mol. The molecule has 4 heteroatoms. The lowest BCUT2D eigenvalue weighted by Gasteiger charge is -2.12. The SMILES string of the molecule is c1ccc(-c2cccc(-c3ncnc(-c4ccc(-n5c6cccc7c6c6c8c-7cccc8ccc65)cc4)n3)c2)cc1. The fourth-order valence-corrected chi connectivity index (χ4v) is 6.46. The molecule has 8 aromatic rings. The van der Waals surface area contributed by atoms with Crippen molar-refractivity contribution < 1.29 is 0 Å². The second-order valence-corrected chi connectivity index (χ2v) is 10.5. The summed E-state index contributed by atoms with van der Waals surface area (Å²) in [6, 6.07) is 45.0. The number of rotatable bonds is 4. The molecule has 1 aliphatic carbocycles. The van der Waals surface area contributed by atoms with Gasteiger partial charge in [-0.3, -0.25) is 0 Å². The summed E-state index contributed by atoms with van der Waals surface area (Å²) >= 11 is 0. The van der Waals surface area contributed by atoms with Crippen molar-refractivity contribution in [2.75, 3.05) is 0 Å². The van der Waals surface area contributed by atoms with Gasteiger partial charge < -0.3 is 4.57 Å². The zero-order chi connectivity index (χ0) is 26.9. The lowest BCUT2D eigenvalue weighted by atomic mass is 10.0. The fourth-order valence-electron chi connectivity index (χ4n) is 6.46. The highest BCUT2D eigenvalue weighted by Gasteiger charge is 2.24. The Kier molecular flexibility index (Phi) is 4.58. The smallest absolute Gasteiger partial charge is 0.163 e. The average Bonchev–Trinajstić information content (AvgIpc) is 3.58. The molecular formula is C37H22N4. The van der Waals surface area contributed by atoms with Crippen molar-refractivity contribution in [2.24, 2.45) is 0 Å². The van der Waals surface area contributed by atoms with Gasteiger partial charge in [0, 0.05) is 27.6 Å². The van der Waals surface area contributed by atoms with Crippen molar-refractivity contribution in [3.63, 3.8) is 0 Å². The van der Waals surface area contributed by atoms with E-state index in [4.69, 9.17) is 4.98 Å². The van der Waals surface area contributed by atoms with Crippen molar-refractivity contribution in [1.29, 1.82) is 0 Å². The third-order valence-corrected chi connectivity index (χ3v) is 8.27. The third-order valence-electron chi connectivity index (χ3n) is 8.27. The Bertz CT molecular complexity index is 2300. The highest BCUT2D eigenvalue weighted by Crippen LogP contribution is 2.49. The summed E-state index contributed by atoms with van der Waals surface area (Å²) in [5.74, 6) is 1.32. The van der Waals surface area contributed by atoms with Crippen LogP contribution in [0.3, 0.4) is 0 Å². The molecule has 0 amide bonds. The molecule has 0 unspecified atom stereocenters. The molecular weight excluding hydrogens is 500 g/mol. The summed E-state index contributed by atoms with van der Waals surface area (Å²) in [4.78, 5) is 13.9. The number of fused-ring (bicyclic) bond motifs is 1. The van der Waals surface area contributed by atoms with Crippen LogP contribution in [0.25, 0.3) is 83.3 Å². The number of hydrogen-bond donors (Lipinski definition) is 0. The van der Waals surface area contributed by atoms with E-state index in [9.17, 15) is 0 Å². The molecule has 0 fully saturated rings. The largest absolute Gasteiger partial charge is 0.309 e. The van der Waals surface area contributed by atoms with Gasteiger partial charge in [0.2, 0.25) is 0 Å². The molecule has 0 spiro atoms. The Morgan fingerprint density at radius 3 is 1.98 bits per heavy atom. The average molecular weight is 523 g/mol. The maximum Gasteiger partial charge on any atom is 0.163 e. The summed E-state index contributed by atoms with van der Waals surface area (Å²) in [6.07, 6.45) is 1.60. The minimum Gasteiger partial charge on any atom is -0.309 e. The minimum atomic E-state index is 0.660. The van der Waals surface area contributed by atoms with Crippen LogP contribution in [-0.2, 0) is 0 Å². The van der Waals surface area contributed by atoms with E-state index in [0.29, 0.717) is 11.6 Å². The van der Waals surface area contributed by atoms with Crippen LogP contribution in [0.15, 0.2) is 134 Å². The molecule has 41 heavy (non-hydrogen) atoms. The summed E-state index contributed by atoms with van der Waals surface area (Å²) in [6.45, 7) is 0. The van der Waals surface area contributed by atoms with Gasteiger partial charge in [0.1, 0.15) is 6.33 Å². The Morgan fingerprint density at radius 1 is 0.439 bits per heavy atom. The van der Waals surface area contributed by atoms with Gasteiger partial charge in [-0.25, -0.2) is 15.0 Å². The summed E-state index contributed by atoms with van der Waals surface area (Å²) in [5, 5.41) is 5.35. The third kappa shape index (κ3) is 3.25. The van der Waals surface area contributed by atoms with Crippen molar-refractivity contribution in [1.82, 2.24) is 19.5 Å². The lowest BCUT2D eigenvalue weighted by molar-refractivity contribution is 1.06. The highest BCUT2D eigenvalue weighted by atomic mass is 15.0. The topological polar surface area (TPSA) is 43.6 Å². The molecule has 6 aromatic carbocycles. The first-order valence-corrected chi connectivity index (χ1v) is 13.8. The van der Waals surface area contributed by atoms with Crippen molar-refractivity contribution >= 4 is 32.6 Å². The van der Waals surface area contributed by atoms with E-state index < -0.39 is 0 Å². The Balaban J connectivity index is 1.12. The van der Waals surface area contributed by atoms with E-state index in [0.717, 1.165) is 22.4 Å². The van der Waals surface area contributed by atoms with Crippen molar-refractivity contribution in [2.45, 2.75) is 0 Å². The summed E-state index contributed by atoms with van der Waals surface area (Å²) in [5.41, 5.74) is 10.5. The van der Waals surface area contributed by atoms with Gasteiger partial charge in [-0.15, -0.1) is 0 Å². The van der Waals surface area contributed by atoms with Crippen LogP contribution in [-0.4, -0.2) is 19.5 Å². The van der Waals surface area contributed by atoms with Gasteiger partial charge in [-0.05, 0) is 75.5 Å². The van der Waals surface area contributed by atoms with Gasteiger partial charge in [0.15, 0.2) is 11.6 Å². The van der Waals surface area contributed by atoms with Crippen LogP contribution in [0.4, 0.5) is 0 Å². The zero-order valence-electron chi connectivity index (χ0n) is 22.0. The number of hydrogen-bond acceptors (Lipinski definition) is 3. The lowest BCUT2D eigenvalue weighted by Crippen LogP contribution is -1.97. The minimum absolute atomic E-state index is 0.660. The second kappa shape index (κ2) is 8.44. The molecule has 0 radical (unpaired) electrons. The van der Waals surface area contributed by atoms with Gasteiger partial charge >= 0.3 is 0 Å². The van der Waals surface area contributed by atoms with E-state index in [1.807, 2.05) is 18.2 Å². The summed E-state index contributed by atoms with van der Waals surface area (Å²) in [7, 11) is 0. The van der Waals surface area contributed by atoms with E-state index in [-0.39, 0.29) is 0 Å². The number of benzene rings is 6. The predicted octanol–water partition coefficient (Wildman–Crippen LogP) is 9.10. The first-order valence-electron chi connectivity index (χ1n) is 13.8. The van der Waals surface area contributed by atoms with Crippen LogP contribution in [0.1, 0.15) is 0 Å². The van der Waals surface area contributed by atoms with Crippen LogP contribution in [0.2, 0.25) is 0 Å². The first-order chi connectivity index (χ1) is 20.3. The number of aromatic nitrogens is 4. The molecule has 4 nitrogen and oxygen atoms in total. The maximum absolute atomic E-state index is 4.85. The van der Waals surface area contributed by atoms with E-state index in [1.54, 1.807) is 6.33 Å². The van der Waals surface area contributed by atoms with Gasteiger partial charge in [0.05, 0.1) is 11.0 Å². The fraction of sp³-hybridized carbons (Fsp3) is 0. The van der Waals surface area contributed by atoms with Gasteiger partial charge in [-0.1, -0.05) is 84.9 Å². The van der Waals surface area contributed by atoms with Gasteiger partial charge in [0.25, 0.3) is 0 Å². The molecule has 0 atom stereocenters. The quantitative estimate of drug-likeness (QED) is 0.231. The Labute approximate surface area is 236 Å². The molecule has 9 rings (SSSR count). The molecule has 0 saturated heterocycles. The van der Waals surface area contributed by atoms with Crippen LogP contribution < -0.4 is 0 Å². The molecule has 2 aromatic heterocycles. The first kappa shape index (κ1) is 22.2. The maximum atomic E-state index is 4.85. The normalized spacial score (nSPS) is 11.9. The van der Waals surface area contributed by atoms with Crippen molar-refractivity contribution in [3.05, 3.63) is 134 Å². The van der Waals surface area contributed by atoms with E-state index in [1.165, 1.54) is 49.3 Å². The van der Waals surface area contributed by atoms with Crippen molar-refractivity contribution in [3.8, 4) is 50.7 Å². The van der Waals surface area contributed by atoms with Gasteiger partial charge in [-0.2, -0.15) is 0 Å². The molecule has 0 aliphatic heterocycles. The molecule has 0 bridgehead atoms. The Hall–Kier alpha value is -5.61. The second-order valence-electron chi connectivity index (χ2n) is 10.5. The van der Waals surface area contributed by atoms with Crippen LogP contribution in [0, 0.1) is 0 Å². The van der Waals surface area contributed by atoms with Crippen LogP contribution in [0.5, 0.6) is 0 Å². The monoisotopic (exact) mass is 522 g/mol. The van der Waals surface area contributed by atoms with E-state index >= 15 is 0 Å². The molecule has 0 N–H and O–H groups in total. The molecule has 2 heterocycles. The highest BCUT2D eigenvalue weighted by molar-refractivity contribution is 6.33. The molecule has 0 saturated carbocycles. The summed E-state index contributed by atoms with van der Waals surface area (Å²) < 4.78 is 2.38. The van der Waals surface area contributed by atoms with Crippen LogP contribution >= 0.6 is 0 Å². The standard InChI is InChI=1S/C37H22N4/c1-2-7-23(8-3-1)26-10-4-11-27(21-26)37-39-22-38-36(40-37)25-15-18-28(19-16-25)41-31-14-6-13-30-29-12-5-9-24-17-20-32(41)35(33(24)29)34(30)31/h1-22H. The zero-order valence-corrected chi connectivity index (χ0v) is 22.0. The van der Waals surface area contributed by atoms with E-state index in [2.05, 4.69) is 124 Å². The number of nitrogens with zero attached hydrogens (tertiary/aromatic N) is 4.